The molecule has 0 bridgehead atoms. The molecule has 3 aromatic rings. The number of carbonyl (C=O) groups is 1. The molecule has 1 N–H and O–H groups in total. The van der Waals surface area contributed by atoms with Crippen molar-refractivity contribution in [2.75, 3.05) is 12.4 Å². The molecule has 0 fully saturated rings. The first-order valence-corrected chi connectivity index (χ1v) is 10.3. The van der Waals surface area contributed by atoms with Crippen LogP contribution in [0, 0.1) is 28.4 Å². The van der Waals surface area contributed by atoms with E-state index in [9.17, 15) is 20.2 Å². The second-order valence-electron chi connectivity index (χ2n) is 6.75. The van der Waals surface area contributed by atoms with Crippen LogP contribution in [0.15, 0.2) is 82.1 Å². The summed E-state index contributed by atoms with van der Waals surface area (Å²) < 4.78 is 5.07. The second-order valence-corrected chi connectivity index (χ2v) is 7.87. The van der Waals surface area contributed by atoms with Crippen molar-refractivity contribution in [2.45, 2.75) is 16.7 Å². The number of nitrogens with one attached hydrogen (secondary N) is 1. The van der Waals surface area contributed by atoms with Gasteiger partial charge in [0.05, 0.1) is 16.9 Å². The number of amides is 1. The highest BCUT2D eigenvalue weighted by Crippen LogP contribution is 2.35. The van der Waals surface area contributed by atoms with E-state index in [0.29, 0.717) is 21.9 Å². The van der Waals surface area contributed by atoms with Gasteiger partial charge < -0.3 is 10.1 Å². The molecule has 3 aromatic carbocycles. The average molecular weight is 446 g/mol. The molecule has 0 aliphatic carbocycles. The Kier molecular flexibility index (Phi) is 7.26. The summed E-state index contributed by atoms with van der Waals surface area (Å²) in [5, 5.41) is 23.7. The van der Waals surface area contributed by atoms with E-state index in [2.05, 4.69) is 5.32 Å². The predicted molar refractivity (Wildman–Crippen MR) is 124 cm³/mol. The smallest absolute Gasteiger partial charge is 0.283 e. The molecule has 0 saturated carbocycles. The largest absolute Gasteiger partial charge is 0.497 e. The van der Waals surface area contributed by atoms with Crippen molar-refractivity contribution >= 4 is 35.1 Å². The summed E-state index contributed by atoms with van der Waals surface area (Å²) in [6, 6.07) is 20.8. The molecule has 0 spiro atoms. The summed E-state index contributed by atoms with van der Waals surface area (Å²) in [6.07, 6.45) is 1.33. The summed E-state index contributed by atoms with van der Waals surface area (Å²) in [4.78, 5) is 25.0. The fourth-order valence-electron chi connectivity index (χ4n) is 2.77. The number of nitrogens with zero attached hydrogens (tertiary/aromatic N) is 2. The van der Waals surface area contributed by atoms with Crippen molar-refractivity contribution in [1.29, 1.82) is 5.26 Å². The van der Waals surface area contributed by atoms with Crippen molar-refractivity contribution in [3.05, 3.63) is 93.5 Å². The molecular weight excluding hydrogens is 426 g/mol. The van der Waals surface area contributed by atoms with Gasteiger partial charge in [-0.3, -0.25) is 14.9 Å². The van der Waals surface area contributed by atoms with Gasteiger partial charge in [0.1, 0.15) is 17.4 Å². The normalized spacial score (nSPS) is 10.8. The van der Waals surface area contributed by atoms with E-state index in [4.69, 9.17) is 4.74 Å². The maximum atomic E-state index is 12.5. The Morgan fingerprint density at radius 2 is 1.81 bits per heavy atom. The van der Waals surface area contributed by atoms with Gasteiger partial charge in [-0.2, -0.15) is 5.26 Å². The van der Waals surface area contributed by atoms with Gasteiger partial charge in [-0.05, 0) is 61.0 Å². The minimum Gasteiger partial charge on any atom is -0.497 e. The topological polar surface area (TPSA) is 105 Å². The van der Waals surface area contributed by atoms with Crippen molar-refractivity contribution in [1.82, 2.24) is 0 Å². The van der Waals surface area contributed by atoms with Gasteiger partial charge in [0, 0.05) is 16.6 Å². The number of nitro groups is 1. The maximum absolute atomic E-state index is 12.5. The SMILES string of the molecule is COc1ccc(NC(=O)/C(C#N)=C/c2ccc(Sc3ccc(C)cc3)c([N+](=O)[O-])c2)cc1. The molecule has 0 aliphatic heterocycles. The van der Waals surface area contributed by atoms with E-state index in [1.165, 1.54) is 31.0 Å². The summed E-state index contributed by atoms with van der Waals surface area (Å²) in [5.41, 5.74) is 1.70. The van der Waals surface area contributed by atoms with Gasteiger partial charge >= 0.3 is 0 Å². The number of nitro benzene ring substituents is 1. The summed E-state index contributed by atoms with van der Waals surface area (Å²) >= 11 is 1.28. The van der Waals surface area contributed by atoms with Crippen LogP contribution in [0.3, 0.4) is 0 Å². The van der Waals surface area contributed by atoms with Crippen LogP contribution in [0.1, 0.15) is 11.1 Å². The first-order chi connectivity index (χ1) is 15.4. The molecule has 3 rings (SSSR count). The highest BCUT2D eigenvalue weighted by Gasteiger charge is 2.17. The molecular formula is C24H19N3O4S. The van der Waals surface area contributed by atoms with Gasteiger partial charge in [-0.1, -0.05) is 35.5 Å². The zero-order valence-electron chi connectivity index (χ0n) is 17.4. The molecule has 0 unspecified atom stereocenters. The van der Waals surface area contributed by atoms with Crippen LogP contribution in [0.25, 0.3) is 6.08 Å². The third-order valence-electron chi connectivity index (χ3n) is 4.45. The monoisotopic (exact) mass is 445 g/mol. The average Bonchev–Trinajstić information content (AvgIpc) is 2.80. The predicted octanol–water partition coefficient (Wildman–Crippen LogP) is 5.61. The van der Waals surface area contributed by atoms with Crippen molar-refractivity contribution in [2.24, 2.45) is 0 Å². The Labute approximate surface area is 189 Å². The van der Waals surface area contributed by atoms with Crippen LogP contribution in [-0.2, 0) is 4.79 Å². The number of carbonyl (C=O) groups excluding carboxylic acids is 1. The van der Waals surface area contributed by atoms with Crippen molar-refractivity contribution < 1.29 is 14.5 Å². The minimum absolute atomic E-state index is 0.0998. The number of ether oxygens (including phenoxy) is 1. The zero-order chi connectivity index (χ0) is 23.1. The van der Waals surface area contributed by atoms with Gasteiger partial charge in [0.15, 0.2) is 0 Å². The lowest BCUT2D eigenvalue weighted by Gasteiger charge is -2.07. The molecule has 8 heteroatoms. The third kappa shape index (κ3) is 5.74. The van der Waals surface area contributed by atoms with E-state index >= 15 is 0 Å². The van der Waals surface area contributed by atoms with Crippen LogP contribution in [0.4, 0.5) is 11.4 Å². The Bertz CT molecular complexity index is 1210. The lowest BCUT2D eigenvalue weighted by molar-refractivity contribution is -0.387. The van der Waals surface area contributed by atoms with E-state index in [1.807, 2.05) is 37.3 Å². The third-order valence-corrected chi connectivity index (χ3v) is 5.53. The Hall–Kier alpha value is -4.09. The first kappa shape index (κ1) is 22.6. The van der Waals surface area contributed by atoms with Crippen LogP contribution in [0.2, 0.25) is 0 Å². The number of aryl methyl sites for hydroxylation is 1. The molecule has 0 radical (unpaired) electrons. The Morgan fingerprint density at radius 3 is 2.41 bits per heavy atom. The fraction of sp³-hybridized carbons (Fsp3) is 0.0833. The van der Waals surface area contributed by atoms with Crippen LogP contribution < -0.4 is 10.1 Å². The van der Waals surface area contributed by atoms with Crippen molar-refractivity contribution in [3.63, 3.8) is 0 Å². The lowest BCUT2D eigenvalue weighted by Crippen LogP contribution is -2.13. The summed E-state index contributed by atoms with van der Waals surface area (Å²) in [5.74, 6) is 0.0216. The molecule has 160 valence electrons. The number of hydrogen-bond donors (Lipinski definition) is 1. The van der Waals surface area contributed by atoms with Crippen LogP contribution in [0.5, 0.6) is 5.75 Å². The summed E-state index contributed by atoms with van der Waals surface area (Å²) in [7, 11) is 1.54. The van der Waals surface area contributed by atoms with Crippen LogP contribution in [-0.4, -0.2) is 17.9 Å². The van der Waals surface area contributed by atoms with E-state index < -0.39 is 10.8 Å². The molecule has 0 atom stereocenters. The lowest BCUT2D eigenvalue weighted by atomic mass is 10.1. The number of hydrogen-bond acceptors (Lipinski definition) is 6. The zero-order valence-corrected chi connectivity index (χ0v) is 18.2. The molecule has 7 nitrogen and oxygen atoms in total. The van der Waals surface area contributed by atoms with Crippen LogP contribution >= 0.6 is 11.8 Å². The molecule has 0 aliphatic rings. The molecule has 1 amide bonds. The molecule has 32 heavy (non-hydrogen) atoms. The maximum Gasteiger partial charge on any atom is 0.283 e. The van der Waals surface area contributed by atoms with Gasteiger partial charge in [-0.25, -0.2) is 0 Å². The van der Waals surface area contributed by atoms with E-state index in [0.717, 1.165) is 10.5 Å². The van der Waals surface area contributed by atoms with E-state index in [-0.39, 0.29) is 11.3 Å². The van der Waals surface area contributed by atoms with Crippen molar-refractivity contribution in [3.8, 4) is 11.8 Å². The second kappa shape index (κ2) is 10.3. The molecule has 0 aromatic heterocycles. The molecule has 0 heterocycles. The molecule has 0 saturated heterocycles. The number of rotatable bonds is 7. The highest BCUT2D eigenvalue weighted by molar-refractivity contribution is 7.99. The fourth-order valence-corrected chi connectivity index (χ4v) is 3.67. The number of methoxy groups -OCH3 is 1. The number of nitriles is 1. The van der Waals surface area contributed by atoms with Gasteiger partial charge in [0.25, 0.3) is 11.6 Å². The standard InChI is InChI=1S/C24H19N3O4S/c1-16-3-10-21(11-4-16)32-23-12-5-17(14-22(23)27(29)30)13-18(15-25)24(28)26-19-6-8-20(31-2)9-7-19/h3-14H,1-2H3,(H,26,28)/b18-13+. The Morgan fingerprint density at radius 1 is 1.12 bits per heavy atom. The highest BCUT2D eigenvalue weighted by atomic mass is 32.2. The quantitative estimate of drug-likeness (QED) is 0.219. The number of benzene rings is 3. The first-order valence-electron chi connectivity index (χ1n) is 9.50. The van der Waals surface area contributed by atoms with E-state index in [1.54, 1.807) is 36.4 Å². The number of anilines is 1. The van der Waals surface area contributed by atoms with Gasteiger partial charge in [0.2, 0.25) is 0 Å². The minimum atomic E-state index is -0.613. The van der Waals surface area contributed by atoms with Gasteiger partial charge in [-0.15, -0.1) is 0 Å². The summed E-state index contributed by atoms with van der Waals surface area (Å²) in [6.45, 7) is 1.97. The Balaban J connectivity index is 1.83.